The quantitative estimate of drug-likeness (QED) is 0.725. The third kappa shape index (κ3) is 4.44. The predicted octanol–water partition coefficient (Wildman–Crippen LogP) is 3.51. The highest BCUT2D eigenvalue weighted by Gasteiger charge is 2.34. The molecule has 0 aromatic heterocycles. The maximum absolute atomic E-state index is 9.55. The van der Waals surface area contributed by atoms with Gasteiger partial charge in [-0.05, 0) is 54.1 Å². The van der Waals surface area contributed by atoms with Crippen LogP contribution in [0.5, 0.6) is 0 Å². The molecule has 5 nitrogen and oxygen atoms in total. The summed E-state index contributed by atoms with van der Waals surface area (Å²) in [5.74, 6) is -1.10. The van der Waals surface area contributed by atoms with Crippen LogP contribution in [-0.2, 0) is 9.59 Å². The molecule has 1 fully saturated rings. The summed E-state index contributed by atoms with van der Waals surface area (Å²) in [5.41, 5.74) is 6.02. The van der Waals surface area contributed by atoms with Crippen LogP contribution < -0.4 is 5.32 Å². The van der Waals surface area contributed by atoms with Crippen LogP contribution in [-0.4, -0.2) is 35.2 Å². The minimum Gasteiger partial charge on any atom is -0.478 e. The van der Waals surface area contributed by atoms with Crippen molar-refractivity contribution >= 4 is 11.9 Å². The molecular weight excluding hydrogens is 342 g/mol. The molecule has 0 amide bonds. The van der Waals surface area contributed by atoms with Crippen molar-refractivity contribution in [1.29, 1.82) is 0 Å². The number of hydrogen-bond acceptors (Lipinski definition) is 3. The zero-order valence-corrected chi connectivity index (χ0v) is 15.0. The Hall–Kier alpha value is -2.92. The average molecular weight is 365 g/mol. The van der Waals surface area contributed by atoms with E-state index in [0.717, 1.165) is 5.92 Å². The highest BCUT2D eigenvalue weighted by Crippen LogP contribution is 2.49. The van der Waals surface area contributed by atoms with Gasteiger partial charge in [-0.25, -0.2) is 9.59 Å². The number of benzene rings is 2. The minimum absolute atomic E-state index is 0.558. The lowest BCUT2D eigenvalue weighted by Gasteiger charge is -2.29. The second-order valence-electron chi connectivity index (χ2n) is 6.75. The van der Waals surface area contributed by atoms with E-state index in [1.165, 1.54) is 37.1 Å². The molecule has 0 spiro atoms. The molecule has 1 aliphatic heterocycles. The molecule has 140 valence electrons. The molecule has 2 aromatic rings. The third-order valence-electron chi connectivity index (χ3n) is 5.11. The van der Waals surface area contributed by atoms with E-state index in [0.29, 0.717) is 18.1 Å². The Morgan fingerprint density at radius 1 is 0.815 bits per heavy atom. The zero-order chi connectivity index (χ0) is 19.2. The highest BCUT2D eigenvalue weighted by molar-refractivity contribution is 5.89. The molecule has 0 atom stereocenters. The maximum atomic E-state index is 9.55. The Balaban J connectivity index is 0.000000226. The molecule has 2 aromatic carbocycles. The molecule has 1 heterocycles. The van der Waals surface area contributed by atoms with Crippen molar-refractivity contribution in [2.75, 3.05) is 13.1 Å². The summed E-state index contributed by atoms with van der Waals surface area (Å²) in [4.78, 5) is 19.1. The number of fused-ring (bicyclic) bond motifs is 3. The zero-order valence-electron chi connectivity index (χ0n) is 15.0. The summed E-state index contributed by atoms with van der Waals surface area (Å²) in [6, 6.07) is 18.0. The van der Waals surface area contributed by atoms with Crippen LogP contribution in [0.3, 0.4) is 0 Å². The largest absolute Gasteiger partial charge is 0.478 e. The van der Waals surface area contributed by atoms with E-state index in [4.69, 9.17) is 10.2 Å². The molecule has 0 unspecified atom stereocenters. The van der Waals surface area contributed by atoms with Gasteiger partial charge in [0, 0.05) is 18.1 Å². The van der Waals surface area contributed by atoms with Crippen molar-refractivity contribution in [1.82, 2.24) is 5.32 Å². The summed E-state index contributed by atoms with van der Waals surface area (Å²) in [5, 5.41) is 19.1. The average Bonchev–Trinajstić information content (AvgIpc) is 3.02. The van der Waals surface area contributed by atoms with Gasteiger partial charge in [0.1, 0.15) is 0 Å². The molecule has 3 N–H and O–H groups in total. The van der Waals surface area contributed by atoms with Crippen LogP contribution in [0.4, 0.5) is 0 Å². The van der Waals surface area contributed by atoms with Gasteiger partial charge >= 0.3 is 11.9 Å². The van der Waals surface area contributed by atoms with Crippen molar-refractivity contribution in [3.8, 4) is 11.1 Å². The second kappa shape index (κ2) is 8.64. The number of carboxylic acid groups (broad SMARTS) is 2. The highest BCUT2D eigenvalue weighted by atomic mass is 16.4. The Morgan fingerprint density at radius 3 is 1.70 bits per heavy atom. The molecule has 1 aliphatic carbocycles. The number of carboxylic acids is 2. The minimum atomic E-state index is -1.26. The fraction of sp³-hybridized carbons (Fsp3) is 0.273. The monoisotopic (exact) mass is 365 g/mol. The van der Waals surface area contributed by atoms with Crippen LogP contribution in [0.1, 0.15) is 29.9 Å². The van der Waals surface area contributed by atoms with Gasteiger partial charge in [0.15, 0.2) is 0 Å². The van der Waals surface area contributed by atoms with Gasteiger partial charge in [-0.1, -0.05) is 48.5 Å². The first-order chi connectivity index (χ1) is 13.1. The van der Waals surface area contributed by atoms with Gasteiger partial charge < -0.3 is 15.5 Å². The first-order valence-corrected chi connectivity index (χ1v) is 9.11. The van der Waals surface area contributed by atoms with Crippen molar-refractivity contribution in [3.63, 3.8) is 0 Å². The van der Waals surface area contributed by atoms with Gasteiger partial charge in [-0.3, -0.25) is 0 Å². The third-order valence-corrected chi connectivity index (χ3v) is 5.11. The van der Waals surface area contributed by atoms with E-state index in [1.807, 2.05) is 0 Å². The van der Waals surface area contributed by atoms with Gasteiger partial charge in [0.05, 0.1) is 0 Å². The van der Waals surface area contributed by atoms with Crippen LogP contribution >= 0.6 is 0 Å². The van der Waals surface area contributed by atoms with Gasteiger partial charge in [-0.15, -0.1) is 0 Å². The number of hydrogen-bond donors (Lipinski definition) is 3. The van der Waals surface area contributed by atoms with E-state index >= 15 is 0 Å². The van der Waals surface area contributed by atoms with Crippen molar-refractivity contribution in [3.05, 3.63) is 71.8 Å². The Bertz CT molecular complexity index is 791. The fourth-order valence-corrected chi connectivity index (χ4v) is 4.02. The lowest BCUT2D eigenvalue weighted by molar-refractivity contribution is -0.134. The van der Waals surface area contributed by atoms with Crippen LogP contribution in [0.2, 0.25) is 0 Å². The summed E-state index contributed by atoms with van der Waals surface area (Å²) in [6.45, 7) is 2.34. The molecule has 2 aliphatic rings. The van der Waals surface area contributed by atoms with Crippen molar-refractivity contribution in [2.24, 2.45) is 5.92 Å². The van der Waals surface area contributed by atoms with E-state index in [-0.39, 0.29) is 0 Å². The molecule has 1 saturated heterocycles. The van der Waals surface area contributed by atoms with Crippen molar-refractivity contribution < 1.29 is 19.8 Å². The van der Waals surface area contributed by atoms with Crippen LogP contribution in [0.25, 0.3) is 11.1 Å². The summed E-state index contributed by atoms with van der Waals surface area (Å²) in [6.07, 6.45) is 3.71. The molecule has 0 saturated carbocycles. The topological polar surface area (TPSA) is 86.6 Å². The number of nitrogens with one attached hydrogen (secondary N) is 1. The standard InChI is InChI=1S/C18H19N.C4H4O4/c1-3-7-16-14(5-1)15-6-2-4-8-17(15)18(16)13-9-11-19-12-10-13;5-3(6)1-2-4(7)8/h1-8,13,18-19H,9-12H2;1-2H,(H,5,6)(H,7,8)/b;2-1+. The SMILES string of the molecule is O=C(O)/C=C/C(=O)O.c1ccc2c(c1)-c1ccccc1C2C1CCNCC1. The number of piperidine rings is 1. The molecule has 0 bridgehead atoms. The van der Waals surface area contributed by atoms with E-state index in [1.54, 1.807) is 11.1 Å². The smallest absolute Gasteiger partial charge is 0.328 e. The molecule has 0 radical (unpaired) electrons. The van der Waals surface area contributed by atoms with E-state index in [2.05, 4.69) is 53.8 Å². The Morgan fingerprint density at radius 2 is 1.26 bits per heavy atom. The molecule has 4 rings (SSSR count). The number of aliphatic carboxylic acids is 2. The lowest BCUT2D eigenvalue weighted by atomic mass is 9.79. The molecule has 5 heteroatoms. The van der Waals surface area contributed by atoms with E-state index < -0.39 is 11.9 Å². The summed E-state index contributed by atoms with van der Waals surface area (Å²) in [7, 11) is 0. The number of carbonyl (C=O) groups is 2. The summed E-state index contributed by atoms with van der Waals surface area (Å²) < 4.78 is 0. The van der Waals surface area contributed by atoms with E-state index in [9.17, 15) is 9.59 Å². The molecule has 27 heavy (non-hydrogen) atoms. The van der Waals surface area contributed by atoms with Crippen LogP contribution in [0.15, 0.2) is 60.7 Å². The Labute approximate surface area is 158 Å². The summed E-state index contributed by atoms with van der Waals surface area (Å²) >= 11 is 0. The Kier molecular flexibility index (Phi) is 6.04. The predicted molar refractivity (Wildman–Crippen MR) is 104 cm³/mol. The maximum Gasteiger partial charge on any atom is 0.328 e. The van der Waals surface area contributed by atoms with Gasteiger partial charge in [-0.2, -0.15) is 0 Å². The first kappa shape index (κ1) is 18.9. The normalized spacial score (nSPS) is 16.3. The van der Waals surface area contributed by atoms with Crippen molar-refractivity contribution in [2.45, 2.75) is 18.8 Å². The van der Waals surface area contributed by atoms with Gasteiger partial charge in [0.25, 0.3) is 0 Å². The fourth-order valence-electron chi connectivity index (χ4n) is 4.02. The van der Waals surface area contributed by atoms with Crippen LogP contribution in [0, 0.1) is 5.92 Å². The second-order valence-corrected chi connectivity index (χ2v) is 6.75. The number of rotatable bonds is 3. The lowest BCUT2D eigenvalue weighted by Crippen LogP contribution is -2.30. The first-order valence-electron chi connectivity index (χ1n) is 9.11. The van der Waals surface area contributed by atoms with Gasteiger partial charge in [0.2, 0.25) is 0 Å². The molecular formula is C22H23NO4.